The molecule has 4 aromatic rings. The Morgan fingerprint density at radius 2 is 1.79 bits per heavy atom. The normalized spacial score (nSPS) is 12.0. The van der Waals surface area contributed by atoms with Gasteiger partial charge in [-0.15, -0.1) is 5.10 Å². The number of aromatic amines is 1. The van der Waals surface area contributed by atoms with Crippen molar-refractivity contribution >= 4 is 11.4 Å². The number of amides is 1. The Morgan fingerprint density at radius 3 is 2.52 bits per heavy atom. The Bertz CT molecular complexity index is 1180. The lowest BCUT2D eigenvalue weighted by Gasteiger charge is -2.12. The quantitative estimate of drug-likeness (QED) is 0.532. The van der Waals surface area contributed by atoms with Crippen LogP contribution in [-0.2, 0) is 6.42 Å². The summed E-state index contributed by atoms with van der Waals surface area (Å²) >= 11 is 0. The van der Waals surface area contributed by atoms with Crippen LogP contribution in [0.25, 0.3) is 16.8 Å². The lowest BCUT2D eigenvalue weighted by atomic mass is 10.1. The van der Waals surface area contributed by atoms with Crippen LogP contribution in [-0.4, -0.2) is 31.8 Å². The van der Waals surface area contributed by atoms with Crippen molar-refractivity contribution in [3.8, 4) is 11.3 Å². The lowest BCUT2D eigenvalue weighted by molar-refractivity contribution is 0.0935. The molecule has 0 aliphatic heterocycles. The van der Waals surface area contributed by atoms with Crippen LogP contribution in [0.15, 0.2) is 71.7 Å². The predicted molar refractivity (Wildman–Crippen MR) is 111 cm³/mol. The Balaban J connectivity index is 1.51. The maximum Gasteiger partial charge on any atom is 0.276 e. The van der Waals surface area contributed by atoms with Crippen LogP contribution in [0.1, 0.15) is 29.4 Å². The van der Waals surface area contributed by atoms with Crippen molar-refractivity contribution in [2.45, 2.75) is 25.8 Å². The van der Waals surface area contributed by atoms with E-state index in [0.717, 1.165) is 18.4 Å². The van der Waals surface area contributed by atoms with Gasteiger partial charge in [-0.1, -0.05) is 65.9 Å². The summed E-state index contributed by atoms with van der Waals surface area (Å²) in [5.41, 5.74) is 2.43. The fourth-order valence-electron chi connectivity index (χ4n) is 3.24. The number of benzene rings is 2. The number of nitrogens with one attached hydrogen (secondary N) is 2. The van der Waals surface area contributed by atoms with Crippen LogP contribution < -0.4 is 10.9 Å². The van der Waals surface area contributed by atoms with Gasteiger partial charge in [-0.3, -0.25) is 9.59 Å². The van der Waals surface area contributed by atoms with Crippen LogP contribution in [0.2, 0.25) is 0 Å². The highest BCUT2D eigenvalue weighted by Gasteiger charge is 2.20. The molecule has 1 amide bonds. The zero-order valence-corrected chi connectivity index (χ0v) is 16.0. The van der Waals surface area contributed by atoms with Crippen molar-refractivity contribution in [1.29, 1.82) is 0 Å². The topological polar surface area (TPSA) is 92.2 Å². The van der Waals surface area contributed by atoms with E-state index in [2.05, 4.69) is 32.7 Å². The molecule has 2 aromatic carbocycles. The SMILES string of the molecule is CC(CCc1ccccc1)NC(=O)c1nnn2cc(-c3ccccc3)[nH]c(=O)c12. The first kappa shape index (κ1) is 18.6. The molecule has 0 fully saturated rings. The van der Waals surface area contributed by atoms with Gasteiger partial charge in [0, 0.05) is 6.04 Å². The number of hydrogen-bond acceptors (Lipinski definition) is 4. The smallest absolute Gasteiger partial charge is 0.276 e. The molecule has 7 nitrogen and oxygen atoms in total. The number of rotatable bonds is 6. The molecule has 146 valence electrons. The van der Waals surface area contributed by atoms with Gasteiger partial charge in [0.15, 0.2) is 11.2 Å². The molecule has 1 unspecified atom stereocenters. The Kier molecular flexibility index (Phi) is 5.20. The summed E-state index contributed by atoms with van der Waals surface area (Å²) in [5, 5.41) is 10.8. The third-order valence-electron chi connectivity index (χ3n) is 4.80. The van der Waals surface area contributed by atoms with Crippen LogP contribution in [0.5, 0.6) is 0 Å². The van der Waals surface area contributed by atoms with E-state index in [1.54, 1.807) is 6.20 Å². The summed E-state index contributed by atoms with van der Waals surface area (Å²) in [6, 6.07) is 19.5. The molecular formula is C22H21N5O2. The molecule has 2 aromatic heterocycles. The van der Waals surface area contributed by atoms with E-state index >= 15 is 0 Å². The zero-order valence-electron chi connectivity index (χ0n) is 16.0. The van der Waals surface area contributed by atoms with Crippen molar-refractivity contribution in [2.75, 3.05) is 0 Å². The summed E-state index contributed by atoms with van der Waals surface area (Å²) < 4.78 is 1.35. The molecule has 1 atom stereocenters. The fraction of sp³-hybridized carbons (Fsp3) is 0.182. The molecule has 0 aliphatic rings. The van der Waals surface area contributed by atoms with E-state index < -0.39 is 11.5 Å². The summed E-state index contributed by atoms with van der Waals surface area (Å²) in [5.74, 6) is -0.404. The molecule has 0 saturated heterocycles. The van der Waals surface area contributed by atoms with Gasteiger partial charge in [-0.2, -0.15) is 0 Å². The second-order valence-electron chi connectivity index (χ2n) is 6.99. The Morgan fingerprint density at radius 1 is 1.10 bits per heavy atom. The third-order valence-corrected chi connectivity index (χ3v) is 4.80. The highest BCUT2D eigenvalue weighted by molar-refractivity contribution is 5.98. The zero-order chi connectivity index (χ0) is 20.2. The lowest BCUT2D eigenvalue weighted by Crippen LogP contribution is -2.34. The van der Waals surface area contributed by atoms with Crippen molar-refractivity contribution in [3.63, 3.8) is 0 Å². The summed E-state index contributed by atoms with van der Waals surface area (Å²) in [4.78, 5) is 28.1. The molecular weight excluding hydrogens is 366 g/mol. The van der Waals surface area contributed by atoms with Gasteiger partial charge in [-0.05, 0) is 30.9 Å². The molecule has 2 N–H and O–H groups in total. The van der Waals surface area contributed by atoms with E-state index in [1.165, 1.54) is 10.1 Å². The van der Waals surface area contributed by atoms with Gasteiger partial charge in [0.2, 0.25) is 0 Å². The molecule has 0 saturated carbocycles. The standard InChI is InChI=1S/C22H21N5O2/c1-15(12-13-16-8-4-2-5-9-16)23-21(28)19-20-22(29)24-18(14-27(20)26-25-19)17-10-6-3-7-11-17/h2-11,14-15H,12-13H2,1H3,(H,23,28)(H,24,29). The van der Waals surface area contributed by atoms with Gasteiger partial charge in [0.1, 0.15) is 0 Å². The van der Waals surface area contributed by atoms with Gasteiger partial charge < -0.3 is 10.3 Å². The average molecular weight is 387 g/mol. The first-order valence-corrected chi connectivity index (χ1v) is 9.50. The number of fused-ring (bicyclic) bond motifs is 1. The molecule has 0 aliphatic carbocycles. The summed E-state index contributed by atoms with van der Waals surface area (Å²) in [6.45, 7) is 1.93. The number of H-pyrrole nitrogens is 1. The second kappa shape index (κ2) is 8.10. The highest BCUT2D eigenvalue weighted by Crippen LogP contribution is 2.15. The first-order chi connectivity index (χ1) is 14.1. The Labute approximate surface area is 167 Å². The summed E-state index contributed by atoms with van der Waals surface area (Å²) in [6.07, 6.45) is 3.30. The van der Waals surface area contributed by atoms with Crippen LogP contribution in [0.3, 0.4) is 0 Å². The number of nitrogens with zero attached hydrogens (tertiary/aromatic N) is 3. The van der Waals surface area contributed by atoms with E-state index in [4.69, 9.17) is 0 Å². The van der Waals surface area contributed by atoms with E-state index in [9.17, 15) is 9.59 Å². The minimum absolute atomic E-state index is 0.0254. The molecule has 0 spiro atoms. The van der Waals surface area contributed by atoms with Crippen molar-refractivity contribution < 1.29 is 4.79 Å². The molecule has 0 bridgehead atoms. The fourth-order valence-corrected chi connectivity index (χ4v) is 3.24. The van der Waals surface area contributed by atoms with Crippen LogP contribution in [0, 0.1) is 0 Å². The monoisotopic (exact) mass is 387 g/mol. The number of carbonyl (C=O) groups excluding carboxylic acids is 1. The highest BCUT2D eigenvalue weighted by atomic mass is 16.2. The maximum atomic E-state index is 12.7. The molecule has 4 rings (SSSR count). The van der Waals surface area contributed by atoms with Gasteiger partial charge in [0.05, 0.1) is 11.9 Å². The van der Waals surface area contributed by atoms with E-state index in [1.807, 2.05) is 55.5 Å². The van der Waals surface area contributed by atoms with Crippen LogP contribution >= 0.6 is 0 Å². The first-order valence-electron chi connectivity index (χ1n) is 9.50. The summed E-state index contributed by atoms with van der Waals surface area (Å²) in [7, 11) is 0. The number of aromatic nitrogens is 4. The molecule has 0 radical (unpaired) electrons. The van der Waals surface area contributed by atoms with Crippen LogP contribution in [0.4, 0.5) is 0 Å². The molecule has 7 heteroatoms. The van der Waals surface area contributed by atoms with Gasteiger partial charge in [0.25, 0.3) is 11.5 Å². The van der Waals surface area contributed by atoms with Crippen molar-refractivity contribution in [1.82, 2.24) is 25.1 Å². The number of aryl methyl sites for hydroxylation is 1. The number of carbonyl (C=O) groups is 1. The molecule has 2 heterocycles. The third kappa shape index (κ3) is 4.08. The Hall–Kier alpha value is -3.74. The minimum atomic E-state index is -0.404. The van der Waals surface area contributed by atoms with Gasteiger partial charge in [-0.25, -0.2) is 4.52 Å². The molecule has 29 heavy (non-hydrogen) atoms. The second-order valence-corrected chi connectivity index (χ2v) is 6.99. The predicted octanol–water partition coefficient (Wildman–Crippen LogP) is 2.84. The van der Waals surface area contributed by atoms with E-state index in [0.29, 0.717) is 5.69 Å². The van der Waals surface area contributed by atoms with Crippen molar-refractivity contribution in [3.05, 3.63) is 88.5 Å². The largest absolute Gasteiger partial charge is 0.348 e. The average Bonchev–Trinajstić information content (AvgIpc) is 3.18. The van der Waals surface area contributed by atoms with Gasteiger partial charge >= 0.3 is 0 Å². The van der Waals surface area contributed by atoms with Crippen molar-refractivity contribution in [2.24, 2.45) is 0 Å². The number of hydrogen-bond donors (Lipinski definition) is 2. The minimum Gasteiger partial charge on any atom is -0.348 e. The van der Waals surface area contributed by atoms with E-state index in [-0.39, 0.29) is 17.3 Å². The maximum absolute atomic E-state index is 12.7.